The minimum atomic E-state index is -0.592. The van der Waals surface area contributed by atoms with Gasteiger partial charge in [-0.3, -0.25) is 25.0 Å². The molecule has 3 N–H and O–H groups in total. The van der Waals surface area contributed by atoms with Crippen molar-refractivity contribution in [1.82, 2.24) is 10.6 Å². The van der Waals surface area contributed by atoms with Crippen LogP contribution < -0.4 is 16.0 Å². The molecule has 146 valence electrons. The fourth-order valence-corrected chi connectivity index (χ4v) is 2.56. The molecular formula is C19H20N4O4S. The summed E-state index contributed by atoms with van der Waals surface area (Å²) in [4.78, 5) is 34.8. The van der Waals surface area contributed by atoms with Crippen molar-refractivity contribution < 1.29 is 14.5 Å². The van der Waals surface area contributed by atoms with Gasteiger partial charge in [-0.25, -0.2) is 0 Å². The minimum Gasteiger partial charge on any atom is -0.352 e. The summed E-state index contributed by atoms with van der Waals surface area (Å²) in [7, 11) is 0. The monoisotopic (exact) mass is 400 g/mol. The molecule has 2 aromatic carbocycles. The van der Waals surface area contributed by atoms with E-state index in [0.29, 0.717) is 17.8 Å². The number of carbonyl (C=O) groups excluding carboxylic acids is 2. The van der Waals surface area contributed by atoms with Crippen LogP contribution in [0.25, 0.3) is 0 Å². The minimum absolute atomic E-state index is 0.0229. The second-order valence-electron chi connectivity index (χ2n) is 5.87. The number of unbranched alkanes of at least 4 members (excludes halogenated alkanes) is 1. The largest absolute Gasteiger partial charge is 0.352 e. The van der Waals surface area contributed by atoms with Crippen LogP contribution in [-0.2, 0) is 0 Å². The molecule has 0 aliphatic heterocycles. The van der Waals surface area contributed by atoms with E-state index in [2.05, 4.69) is 16.0 Å². The van der Waals surface area contributed by atoms with Crippen molar-refractivity contribution in [2.24, 2.45) is 0 Å². The molecule has 0 radical (unpaired) electrons. The summed E-state index contributed by atoms with van der Waals surface area (Å²) < 4.78 is 0. The fraction of sp³-hybridized carbons (Fsp3) is 0.211. The van der Waals surface area contributed by atoms with Gasteiger partial charge < -0.3 is 10.6 Å². The summed E-state index contributed by atoms with van der Waals surface area (Å²) in [5.74, 6) is -0.838. The number of amides is 2. The van der Waals surface area contributed by atoms with Gasteiger partial charge in [0.15, 0.2) is 5.11 Å². The number of hydrogen-bond acceptors (Lipinski definition) is 5. The van der Waals surface area contributed by atoms with Gasteiger partial charge in [0.05, 0.1) is 16.2 Å². The second-order valence-corrected chi connectivity index (χ2v) is 6.28. The van der Waals surface area contributed by atoms with Gasteiger partial charge in [-0.15, -0.1) is 0 Å². The van der Waals surface area contributed by atoms with Crippen LogP contribution in [0.3, 0.4) is 0 Å². The first-order valence-electron chi connectivity index (χ1n) is 8.66. The van der Waals surface area contributed by atoms with E-state index in [-0.39, 0.29) is 22.3 Å². The van der Waals surface area contributed by atoms with Crippen LogP contribution >= 0.6 is 12.2 Å². The van der Waals surface area contributed by atoms with Crippen molar-refractivity contribution >= 4 is 40.5 Å². The molecule has 2 rings (SSSR count). The first-order chi connectivity index (χ1) is 13.4. The molecule has 9 heteroatoms. The molecule has 0 saturated carbocycles. The number of para-hydroxylation sites is 1. The number of nitrogens with one attached hydrogen (secondary N) is 3. The number of nitrogens with zero attached hydrogens (tertiary/aromatic N) is 1. The van der Waals surface area contributed by atoms with E-state index in [1.807, 2.05) is 6.92 Å². The molecule has 0 aliphatic rings. The van der Waals surface area contributed by atoms with E-state index >= 15 is 0 Å². The molecule has 0 bridgehead atoms. The Kier molecular flexibility index (Phi) is 7.58. The van der Waals surface area contributed by atoms with Crippen molar-refractivity contribution in [2.75, 3.05) is 11.9 Å². The molecule has 0 saturated heterocycles. The van der Waals surface area contributed by atoms with Crippen molar-refractivity contribution in [1.29, 1.82) is 0 Å². The smallest absolute Gasteiger partial charge is 0.270 e. The lowest BCUT2D eigenvalue weighted by molar-refractivity contribution is -0.384. The third-order valence-electron chi connectivity index (χ3n) is 3.78. The van der Waals surface area contributed by atoms with E-state index in [1.165, 1.54) is 18.2 Å². The quantitative estimate of drug-likeness (QED) is 0.285. The van der Waals surface area contributed by atoms with Gasteiger partial charge in [0.2, 0.25) is 0 Å². The first kappa shape index (κ1) is 21.0. The van der Waals surface area contributed by atoms with Gasteiger partial charge in [0.25, 0.3) is 17.5 Å². The molecule has 8 nitrogen and oxygen atoms in total. The molecule has 2 amide bonds. The Bertz CT molecular complexity index is 901. The van der Waals surface area contributed by atoms with E-state index < -0.39 is 10.8 Å². The second kappa shape index (κ2) is 10.1. The maximum Gasteiger partial charge on any atom is 0.270 e. The topological polar surface area (TPSA) is 113 Å². The molecule has 28 heavy (non-hydrogen) atoms. The van der Waals surface area contributed by atoms with Gasteiger partial charge in [-0.2, -0.15) is 0 Å². The van der Waals surface area contributed by atoms with E-state index in [0.717, 1.165) is 18.9 Å². The predicted octanol–water partition coefficient (Wildman–Crippen LogP) is 3.25. The number of hydrogen-bond donors (Lipinski definition) is 3. The maximum atomic E-state index is 12.3. The van der Waals surface area contributed by atoms with Gasteiger partial charge in [-0.05, 0) is 36.8 Å². The molecule has 0 spiro atoms. The van der Waals surface area contributed by atoms with Gasteiger partial charge in [0, 0.05) is 24.2 Å². The fourth-order valence-electron chi connectivity index (χ4n) is 2.35. The van der Waals surface area contributed by atoms with Crippen LogP contribution in [-0.4, -0.2) is 28.4 Å². The Morgan fingerprint density at radius 3 is 2.57 bits per heavy atom. The number of benzene rings is 2. The number of non-ortho nitro benzene ring substituents is 1. The molecular weight excluding hydrogens is 380 g/mol. The Morgan fingerprint density at radius 1 is 1.11 bits per heavy atom. The Hall–Kier alpha value is -3.33. The van der Waals surface area contributed by atoms with E-state index in [4.69, 9.17) is 12.2 Å². The SMILES string of the molecule is CCCCNC(=O)c1ccccc1NC(=S)NC(=O)c1cccc([N+](=O)[O-])c1. The molecule has 0 atom stereocenters. The first-order valence-corrected chi connectivity index (χ1v) is 9.07. The average molecular weight is 400 g/mol. The zero-order valence-corrected chi connectivity index (χ0v) is 16.0. The van der Waals surface area contributed by atoms with Crippen molar-refractivity contribution in [3.8, 4) is 0 Å². The summed E-state index contributed by atoms with van der Waals surface area (Å²) in [5.41, 5.74) is 0.746. The van der Waals surface area contributed by atoms with E-state index in [9.17, 15) is 19.7 Å². The zero-order valence-electron chi connectivity index (χ0n) is 15.2. The summed E-state index contributed by atoms with van der Waals surface area (Å²) in [6.07, 6.45) is 1.84. The van der Waals surface area contributed by atoms with E-state index in [1.54, 1.807) is 24.3 Å². The lowest BCUT2D eigenvalue weighted by Gasteiger charge is -2.13. The molecule has 0 aromatic heterocycles. The van der Waals surface area contributed by atoms with Crippen molar-refractivity contribution in [3.05, 3.63) is 69.8 Å². The Labute approximate surface area is 167 Å². The maximum absolute atomic E-state index is 12.3. The van der Waals surface area contributed by atoms with Crippen molar-refractivity contribution in [3.63, 3.8) is 0 Å². The number of rotatable bonds is 7. The highest BCUT2D eigenvalue weighted by atomic mass is 32.1. The van der Waals surface area contributed by atoms with Crippen LogP contribution in [0.2, 0.25) is 0 Å². The van der Waals surface area contributed by atoms with Crippen LogP contribution in [0, 0.1) is 10.1 Å². The van der Waals surface area contributed by atoms with Crippen LogP contribution in [0.15, 0.2) is 48.5 Å². The lowest BCUT2D eigenvalue weighted by Crippen LogP contribution is -2.35. The number of anilines is 1. The summed E-state index contributed by atoms with van der Waals surface area (Å²) in [6.45, 7) is 2.60. The molecule has 0 aliphatic carbocycles. The average Bonchev–Trinajstić information content (AvgIpc) is 2.68. The normalized spacial score (nSPS) is 10.0. The van der Waals surface area contributed by atoms with Crippen LogP contribution in [0.1, 0.15) is 40.5 Å². The van der Waals surface area contributed by atoms with Crippen LogP contribution in [0.4, 0.5) is 11.4 Å². The van der Waals surface area contributed by atoms with Crippen molar-refractivity contribution in [2.45, 2.75) is 19.8 Å². The third kappa shape index (κ3) is 5.85. The summed E-state index contributed by atoms with van der Waals surface area (Å²) in [5, 5.41) is 18.9. The lowest BCUT2D eigenvalue weighted by atomic mass is 10.1. The highest BCUT2D eigenvalue weighted by Crippen LogP contribution is 2.16. The zero-order chi connectivity index (χ0) is 20.5. The highest BCUT2D eigenvalue weighted by Gasteiger charge is 2.15. The van der Waals surface area contributed by atoms with Gasteiger partial charge in [0.1, 0.15) is 0 Å². The third-order valence-corrected chi connectivity index (χ3v) is 3.99. The Morgan fingerprint density at radius 2 is 1.86 bits per heavy atom. The molecule has 0 heterocycles. The molecule has 0 fully saturated rings. The molecule has 0 unspecified atom stereocenters. The van der Waals surface area contributed by atoms with Gasteiger partial charge in [-0.1, -0.05) is 31.5 Å². The number of nitro benzene ring substituents is 1. The number of nitro groups is 1. The predicted molar refractivity (Wildman–Crippen MR) is 110 cm³/mol. The van der Waals surface area contributed by atoms with Gasteiger partial charge >= 0.3 is 0 Å². The van der Waals surface area contributed by atoms with Crippen LogP contribution in [0.5, 0.6) is 0 Å². The highest BCUT2D eigenvalue weighted by molar-refractivity contribution is 7.80. The summed E-state index contributed by atoms with van der Waals surface area (Å²) in [6, 6.07) is 12.1. The summed E-state index contributed by atoms with van der Waals surface area (Å²) >= 11 is 5.14. The standard InChI is InChI=1S/C19H20N4O4S/c1-2-3-11-20-18(25)15-9-4-5-10-16(15)21-19(28)22-17(24)13-7-6-8-14(12-13)23(26)27/h4-10,12H,2-3,11H2,1H3,(H,20,25)(H2,21,22,24,28). The number of thiocarbonyl (C=S) groups is 1. The Balaban J connectivity index is 2.05. The number of carbonyl (C=O) groups is 2. The molecule has 2 aromatic rings.